The lowest BCUT2D eigenvalue weighted by atomic mass is 10.3. The van der Waals surface area contributed by atoms with Crippen LogP contribution in [0.1, 0.15) is 17.4 Å². The minimum absolute atomic E-state index is 0.132. The van der Waals surface area contributed by atoms with Gasteiger partial charge >= 0.3 is 0 Å². The molecule has 0 radical (unpaired) electrons. The SMILES string of the molecule is CCN(CC(N)=O)C(=O)c1ccc(Cl)nn1. The fourth-order valence-electron chi connectivity index (χ4n) is 1.11. The number of nitrogens with two attached hydrogens (primary N) is 1. The summed E-state index contributed by atoms with van der Waals surface area (Å²) in [7, 11) is 0. The van der Waals surface area contributed by atoms with E-state index in [1.165, 1.54) is 17.0 Å². The number of amides is 2. The predicted molar refractivity (Wildman–Crippen MR) is 57.8 cm³/mol. The Morgan fingerprint density at radius 2 is 2.12 bits per heavy atom. The predicted octanol–water partition coefficient (Wildman–Crippen LogP) is 0.0774. The number of primary amides is 1. The molecule has 1 heterocycles. The first-order valence-electron chi connectivity index (χ1n) is 4.61. The highest BCUT2D eigenvalue weighted by atomic mass is 35.5. The van der Waals surface area contributed by atoms with Crippen LogP contribution in [0.25, 0.3) is 0 Å². The number of nitrogens with zero attached hydrogens (tertiary/aromatic N) is 3. The van der Waals surface area contributed by atoms with E-state index >= 15 is 0 Å². The third kappa shape index (κ3) is 3.16. The fourth-order valence-corrected chi connectivity index (χ4v) is 1.21. The van der Waals surface area contributed by atoms with Crippen molar-refractivity contribution in [3.8, 4) is 0 Å². The van der Waals surface area contributed by atoms with Crippen molar-refractivity contribution in [2.24, 2.45) is 5.73 Å². The summed E-state index contributed by atoms with van der Waals surface area (Å²) in [5.74, 6) is -0.970. The molecule has 0 aliphatic carbocycles. The number of carbonyl (C=O) groups excluding carboxylic acids is 2. The average molecular weight is 243 g/mol. The normalized spacial score (nSPS) is 9.88. The highest BCUT2D eigenvalue weighted by molar-refractivity contribution is 6.29. The number of aromatic nitrogens is 2. The van der Waals surface area contributed by atoms with Gasteiger partial charge in [-0.15, -0.1) is 10.2 Å². The summed E-state index contributed by atoms with van der Waals surface area (Å²) in [5.41, 5.74) is 5.15. The fraction of sp³-hybridized carbons (Fsp3) is 0.333. The van der Waals surface area contributed by atoms with Crippen molar-refractivity contribution in [3.05, 3.63) is 23.0 Å². The van der Waals surface area contributed by atoms with Gasteiger partial charge in [-0.1, -0.05) is 11.6 Å². The first-order valence-corrected chi connectivity index (χ1v) is 4.99. The standard InChI is InChI=1S/C9H11ClN4O2/c1-2-14(5-8(11)15)9(16)6-3-4-7(10)13-12-6/h3-4H,2,5H2,1H3,(H2,11,15). The highest BCUT2D eigenvalue weighted by Crippen LogP contribution is 2.05. The molecule has 0 aromatic carbocycles. The van der Waals surface area contributed by atoms with E-state index in [-0.39, 0.29) is 17.4 Å². The molecule has 1 aromatic heterocycles. The van der Waals surface area contributed by atoms with Crippen LogP contribution in [0.4, 0.5) is 0 Å². The molecule has 1 aromatic rings. The Bertz CT molecular complexity index is 393. The van der Waals surface area contributed by atoms with Crippen LogP contribution < -0.4 is 5.73 Å². The Labute approximate surface area is 97.4 Å². The molecule has 2 N–H and O–H groups in total. The van der Waals surface area contributed by atoms with Gasteiger partial charge in [-0.2, -0.15) is 0 Å². The largest absolute Gasteiger partial charge is 0.368 e. The molecule has 16 heavy (non-hydrogen) atoms. The smallest absolute Gasteiger partial charge is 0.274 e. The summed E-state index contributed by atoms with van der Waals surface area (Å²) in [6.07, 6.45) is 0. The number of likely N-dealkylation sites (N-methyl/N-ethyl adjacent to an activating group) is 1. The maximum absolute atomic E-state index is 11.8. The van der Waals surface area contributed by atoms with Crippen LogP contribution >= 0.6 is 11.6 Å². The van der Waals surface area contributed by atoms with E-state index in [1.54, 1.807) is 6.92 Å². The van der Waals surface area contributed by atoms with Crippen LogP contribution in [0.2, 0.25) is 5.15 Å². The zero-order valence-corrected chi connectivity index (χ0v) is 9.44. The van der Waals surface area contributed by atoms with Gasteiger partial charge in [0.2, 0.25) is 5.91 Å². The number of hydrogen-bond donors (Lipinski definition) is 1. The monoisotopic (exact) mass is 242 g/mol. The van der Waals surface area contributed by atoms with Crippen molar-refractivity contribution in [2.75, 3.05) is 13.1 Å². The molecule has 0 aliphatic rings. The van der Waals surface area contributed by atoms with Gasteiger partial charge < -0.3 is 10.6 Å². The van der Waals surface area contributed by atoms with E-state index in [4.69, 9.17) is 17.3 Å². The molecule has 0 saturated heterocycles. The van der Waals surface area contributed by atoms with E-state index < -0.39 is 11.8 Å². The lowest BCUT2D eigenvalue weighted by Crippen LogP contribution is -2.38. The summed E-state index contributed by atoms with van der Waals surface area (Å²) >= 11 is 5.54. The Morgan fingerprint density at radius 1 is 1.44 bits per heavy atom. The van der Waals surface area contributed by atoms with Crippen molar-refractivity contribution in [3.63, 3.8) is 0 Å². The molecular formula is C9H11ClN4O2. The first kappa shape index (κ1) is 12.4. The number of carbonyl (C=O) groups is 2. The second-order valence-electron chi connectivity index (χ2n) is 3.03. The minimum atomic E-state index is -0.572. The van der Waals surface area contributed by atoms with E-state index in [1.807, 2.05) is 0 Å². The lowest BCUT2D eigenvalue weighted by molar-refractivity contribution is -0.118. The summed E-state index contributed by atoms with van der Waals surface area (Å²) in [6.45, 7) is 1.97. The lowest BCUT2D eigenvalue weighted by Gasteiger charge is -2.17. The zero-order valence-electron chi connectivity index (χ0n) is 8.68. The molecule has 7 heteroatoms. The number of rotatable bonds is 4. The molecule has 1 rings (SSSR count). The third-order valence-corrected chi connectivity index (χ3v) is 2.07. The summed E-state index contributed by atoms with van der Waals surface area (Å²) in [5, 5.41) is 7.38. The molecule has 2 amide bonds. The van der Waals surface area contributed by atoms with Gasteiger partial charge in [0.05, 0.1) is 6.54 Å². The molecule has 0 spiro atoms. The Morgan fingerprint density at radius 3 is 2.56 bits per heavy atom. The molecule has 0 saturated carbocycles. The van der Waals surface area contributed by atoms with E-state index in [0.29, 0.717) is 6.54 Å². The number of halogens is 1. The van der Waals surface area contributed by atoms with Crippen LogP contribution in [0.5, 0.6) is 0 Å². The second kappa shape index (κ2) is 5.41. The van der Waals surface area contributed by atoms with Gasteiger partial charge in [-0.05, 0) is 19.1 Å². The van der Waals surface area contributed by atoms with Crippen molar-refractivity contribution >= 4 is 23.4 Å². The molecule has 0 unspecified atom stereocenters. The quantitative estimate of drug-likeness (QED) is 0.810. The summed E-state index contributed by atoms with van der Waals surface area (Å²) in [6, 6.07) is 2.90. The Kier molecular flexibility index (Phi) is 4.19. The number of hydrogen-bond acceptors (Lipinski definition) is 4. The van der Waals surface area contributed by atoms with Gasteiger partial charge in [0.25, 0.3) is 5.91 Å². The molecular weight excluding hydrogens is 232 g/mol. The van der Waals surface area contributed by atoms with Gasteiger partial charge in [0.1, 0.15) is 0 Å². The second-order valence-corrected chi connectivity index (χ2v) is 3.41. The Hall–Kier alpha value is -1.69. The molecule has 0 bridgehead atoms. The molecule has 0 atom stereocenters. The van der Waals surface area contributed by atoms with E-state index in [2.05, 4.69) is 10.2 Å². The Balaban J connectivity index is 2.82. The van der Waals surface area contributed by atoms with E-state index in [0.717, 1.165) is 0 Å². The molecule has 86 valence electrons. The van der Waals surface area contributed by atoms with Gasteiger partial charge in [-0.25, -0.2) is 0 Å². The summed E-state index contributed by atoms with van der Waals surface area (Å²) < 4.78 is 0. The van der Waals surface area contributed by atoms with Crippen molar-refractivity contribution in [2.45, 2.75) is 6.92 Å². The van der Waals surface area contributed by atoms with Crippen LogP contribution in [0.15, 0.2) is 12.1 Å². The molecule has 0 aliphatic heterocycles. The highest BCUT2D eigenvalue weighted by Gasteiger charge is 2.17. The van der Waals surface area contributed by atoms with Gasteiger partial charge in [0, 0.05) is 6.54 Å². The minimum Gasteiger partial charge on any atom is -0.368 e. The van der Waals surface area contributed by atoms with Gasteiger partial charge in [-0.3, -0.25) is 9.59 Å². The van der Waals surface area contributed by atoms with Crippen molar-refractivity contribution in [1.82, 2.24) is 15.1 Å². The van der Waals surface area contributed by atoms with Crippen LogP contribution in [0.3, 0.4) is 0 Å². The maximum Gasteiger partial charge on any atom is 0.274 e. The molecule has 0 fully saturated rings. The average Bonchev–Trinajstić information content (AvgIpc) is 2.25. The maximum atomic E-state index is 11.8. The van der Waals surface area contributed by atoms with Crippen molar-refractivity contribution in [1.29, 1.82) is 0 Å². The first-order chi connectivity index (χ1) is 7.54. The van der Waals surface area contributed by atoms with Gasteiger partial charge in [0.15, 0.2) is 10.8 Å². The van der Waals surface area contributed by atoms with Crippen LogP contribution in [0, 0.1) is 0 Å². The zero-order chi connectivity index (χ0) is 12.1. The van der Waals surface area contributed by atoms with Crippen LogP contribution in [-0.4, -0.2) is 40.0 Å². The van der Waals surface area contributed by atoms with Crippen molar-refractivity contribution < 1.29 is 9.59 Å². The van der Waals surface area contributed by atoms with E-state index in [9.17, 15) is 9.59 Å². The summed E-state index contributed by atoms with van der Waals surface area (Å²) in [4.78, 5) is 23.8. The third-order valence-electron chi connectivity index (χ3n) is 1.87. The molecule has 6 nitrogen and oxygen atoms in total. The van der Waals surface area contributed by atoms with Crippen LogP contribution in [-0.2, 0) is 4.79 Å². The topological polar surface area (TPSA) is 89.2 Å².